The van der Waals surface area contributed by atoms with Crippen LogP contribution in [-0.2, 0) is 0 Å². The van der Waals surface area contributed by atoms with E-state index in [0.717, 1.165) is 5.92 Å². The third kappa shape index (κ3) is 11.5. The Balaban J connectivity index is 3.75. The van der Waals surface area contributed by atoms with Crippen LogP contribution in [0.2, 0.25) is 0 Å². The standard InChI is InChI=1S/C18H39N/c1-7-8-9-10-11-12-13-14-17(18(4,5)6)15-19-16(2)3/h16-17,19H,7-15H2,1-6H3. The Morgan fingerprint density at radius 1 is 0.842 bits per heavy atom. The van der Waals surface area contributed by atoms with Crippen LogP contribution in [0.25, 0.3) is 0 Å². The molecule has 1 unspecified atom stereocenters. The summed E-state index contributed by atoms with van der Waals surface area (Å²) in [5.74, 6) is 0.811. The lowest BCUT2D eigenvalue weighted by molar-refractivity contribution is 0.209. The van der Waals surface area contributed by atoms with Crippen molar-refractivity contribution < 1.29 is 0 Å². The molecule has 0 aliphatic carbocycles. The molecule has 0 fully saturated rings. The molecule has 0 amide bonds. The van der Waals surface area contributed by atoms with Crippen LogP contribution in [0.5, 0.6) is 0 Å². The number of rotatable bonds is 11. The summed E-state index contributed by atoms with van der Waals surface area (Å²) in [6, 6.07) is 0.610. The Morgan fingerprint density at radius 3 is 1.84 bits per heavy atom. The maximum absolute atomic E-state index is 3.62. The Bertz CT molecular complexity index is 190. The first kappa shape index (κ1) is 19.0. The minimum Gasteiger partial charge on any atom is -0.314 e. The molecule has 0 saturated carbocycles. The second kappa shape index (κ2) is 10.7. The number of hydrogen-bond acceptors (Lipinski definition) is 1. The highest BCUT2D eigenvalue weighted by Gasteiger charge is 2.23. The minimum atomic E-state index is 0.435. The van der Waals surface area contributed by atoms with Crippen LogP contribution in [0.15, 0.2) is 0 Å². The quantitative estimate of drug-likeness (QED) is 0.468. The van der Waals surface area contributed by atoms with Crippen molar-refractivity contribution in [1.29, 1.82) is 0 Å². The smallest absolute Gasteiger partial charge is 0.00104 e. The van der Waals surface area contributed by atoms with E-state index in [1.165, 1.54) is 57.9 Å². The summed E-state index contributed by atoms with van der Waals surface area (Å²) < 4.78 is 0. The zero-order chi connectivity index (χ0) is 14.7. The molecule has 0 saturated heterocycles. The van der Waals surface area contributed by atoms with Gasteiger partial charge in [0.15, 0.2) is 0 Å². The first-order valence-corrected chi connectivity index (χ1v) is 8.61. The van der Waals surface area contributed by atoms with E-state index in [0.29, 0.717) is 11.5 Å². The lowest BCUT2D eigenvalue weighted by atomic mass is 9.77. The predicted octanol–water partition coefficient (Wildman–Crippen LogP) is 5.79. The molecular formula is C18H39N. The molecule has 0 aromatic rings. The first-order chi connectivity index (χ1) is 8.88. The van der Waals surface area contributed by atoms with Crippen LogP contribution in [-0.4, -0.2) is 12.6 Å². The second-order valence-corrected chi connectivity index (χ2v) is 7.54. The van der Waals surface area contributed by atoms with E-state index in [1.54, 1.807) is 0 Å². The highest BCUT2D eigenvalue weighted by molar-refractivity contribution is 4.76. The molecule has 0 radical (unpaired) electrons. The van der Waals surface area contributed by atoms with Gasteiger partial charge in [-0.25, -0.2) is 0 Å². The number of nitrogens with one attached hydrogen (secondary N) is 1. The van der Waals surface area contributed by atoms with Gasteiger partial charge >= 0.3 is 0 Å². The second-order valence-electron chi connectivity index (χ2n) is 7.54. The molecule has 1 nitrogen and oxygen atoms in total. The van der Waals surface area contributed by atoms with Gasteiger partial charge in [0.2, 0.25) is 0 Å². The summed E-state index contributed by atoms with van der Waals surface area (Å²) >= 11 is 0. The van der Waals surface area contributed by atoms with Gasteiger partial charge in [0, 0.05) is 6.04 Å². The Morgan fingerprint density at radius 2 is 1.37 bits per heavy atom. The highest BCUT2D eigenvalue weighted by atomic mass is 14.9. The Labute approximate surface area is 122 Å². The Kier molecular flexibility index (Phi) is 10.7. The van der Waals surface area contributed by atoms with Gasteiger partial charge in [-0.3, -0.25) is 0 Å². The molecule has 0 rings (SSSR count). The van der Waals surface area contributed by atoms with Crippen LogP contribution >= 0.6 is 0 Å². The fourth-order valence-corrected chi connectivity index (χ4v) is 2.57. The molecule has 1 atom stereocenters. The lowest BCUT2D eigenvalue weighted by Crippen LogP contribution is -2.35. The van der Waals surface area contributed by atoms with Gasteiger partial charge in [0.1, 0.15) is 0 Å². The molecule has 0 aliphatic rings. The van der Waals surface area contributed by atoms with E-state index >= 15 is 0 Å². The van der Waals surface area contributed by atoms with Gasteiger partial charge in [0.25, 0.3) is 0 Å². The summed E-state index contributed by atoms with van der Waals surface area (Å²) in [5, 5.41) is 3.62. The van der Waals surface area contributed by atoms with Gasteiger partial charge in [0.05, 0.1) is 0 Å². The largest absolute Gasteiger partial charge is 0.314 e. The summed E-state index contributed by atoms with van der Waals surface area (Å²) in [4.78, 5) is 0. The molecule has 0 spiro atoms. The minimum absolute atomic E-state index is 0.435. The average molecular weight is 270 g/mol. The molecule has 1 N–H and O–H groups in total. The SMILES string of the molecule is CCCCCCCCCC(CNC(C)C)C(C)(C)C. The molecule has 19 heavy (non-hydrogen) atoms. The van der Waals surface area contributed by atoms with Crippen molar-refractivity contribution in [3.63, 3.8) is 0 Å². The summed E-state index contributed by atoms with van der Waals surface area (Å²) in [6.45, 7) is 15.1. The van der Waals surface area contributed by atoms with Crippen molar-refractivity contribution >= 4 is 0 Å². The van der Waals surface area contributed by atoms with Gasteiger partial charge in [-0.1, -0.05) is 86.5 Å². The van der Waals surface area contributed by atoms with Crippen molar-refractivity contribution in [3.8, 4) is 0 Å². The van der Waals surface area contributed by atoms with Crippen LogP contribution < -0.4 is 5.32 Å². The molecule has 116 valence electrons. The maximum Gasteiger partial charge on any atom is 0.00104 e. The fraction of sp³-hybridized carbons (Fsp3) is 1.00. The van der Waals surface area contributed by atoms with Crippen LogP contribution in [0.1, 0.15) is 92.9 Å². The van der Waals surface area contributed by atoms with Crippen LogP contribution in [0.4, 0.5) is 0 Å². The highest BCUT2D eigenvalue weighted by Crippen LogP contribution is 2.30. The molecule has 0 aliphatic heterocycles. The van der Waals surface area contributed by atoms with Crippen LogP contribution in [0, 0.1) is 11.3 Å². The van der Waals surface area contributed by atoms with Gasteiger partial charge < -0.3 is 5.32 Å². The first-order valence-electron chi connectivity index (χ1n) is 8.61. The maximum atomic E-state index is 3.62. The molecule has 0 aromatic heterocycles. The molecule has 1 heteroatoms. The van der Waals surface area contributed by atoms with E-state index < -0.39 is 0 Å². The molecule has 0 bridgehead atoms. The normalized spacial score (nSPS) is 14.1. The van der Waals surface area contributed by atoms with E-state index in [1.807, 2.05) is 0 Å². The zero-order valence-electron chi connectivity index (χ0n) is 14.5. The third-order valence-corrected chi connectivity index (χ3v) is 4.15. The van der Waals surface area contributed by atoms with Crippen molar-refractivity contribution in [2.75, 3.05) is 6.54 Å². The van der Waals surface area contributed by atoms with Crippen molar-refractivity contribution in [1.82, 2.24) is 5.32 Å². The number of hydrogen-bond donors (Lipinski definition) is 1. The lowest BCUT2D eigenvalue weighted by Gasteiger charge is -2.32. The van der Waals surface area contributed by atoms with E-state index in [-0.39, 0.29) is 0 Å². The summed E-state index contributed by atoms with van der Waals surface area (Å²) in [6.07, 6.45) is 11.3. The molecule has 0 aromatic carbocycles. The summed E-state index contributed by atoms with van der Waals surface area (Å²) in [7, 11) is 0. The van der Waals surface area contributed by atoms with E-state index in [2.05, 4.69) is 46.9 Å². The van der Waals surface area contributed by atoms with E-state index in [9.17, 15) is 0 Å². The van der Waals surface area contributed by atoms with Crippen molar-refractivity contribution in [2.24, 2.45) is 11.3 Å². The van der Waals surface area contributed by atoms with E-state index in [4.69, 9.17) is 0 Å². The topological polar surface area (TPSA) is 12.0 Å². The fourth-order valence-electron chi connectivity index (χ4n) is 2.57. The third-order valence-electron chi connectivity index (χ3n) is 4.15. The average Bonchev–Trinajstić information content (AvgIpc) is 2.29. The van der Waals surface area contributed by atoms with Crippen LogP contribution in [0.3, 0.4) is 0 Å². The van der Waals surface area contributed by atoms with Crippen molar-refractivity contribution in [3.05, 3.63) is 0 Å². The number of unbranched alkanes of at least 4 members (excludes halogenated alkanes) is 6. The molecular weight excluding hydrogens is 230 g/mol. The van der Waals surface area contributed by atoms with Gasteiger partial charge in [-0.05, 0) is 24.3 Å². The van der Waals surface area contributed by atoms with Gasteiger partial charge in [-0.15, -0.1) is 0 Å². The predicted molar refractivity (Wildman–Crippen MR) is 88.7 cm³/mol. The molecule has 0 heterocycles. The van der Waals surface area contributed by atoms with Crippen molar-refractivity contribution in [2.45, 2.75) is 99.0 Å². The monoisotopic (exact) mass is 269 g/mol. The van der Waals surface area contributed by atoms with Gasteiger partial charge in [-0.2, -0.15) is 0 Å². The zero-order valence-corrected chi connectivity index (χ0v) is 14.5. The summed E-state index contributed by atoms with van der Waals surface area (Å²) in [5.41, 5.74) is 0.435. The Hall–Kier alpha value is -0.0400.